The molecule has 0 saturated heterocycles. The van der Waals surface area contributed by atoms with E-state index in [-0.39, 0.29) is 0 Å². The van der Waals surface area contributed by atoms with E-state index in [4.69, 9.17) is 0 Å². The predicted octanol–water partition coefficient (Wildman–Crippen LogP) is 5.61. The molecule has 0 aliphatic heterocycles. The van der Waals surface area contributed by atoms with Gasteiger partial charge in [0.05, 0.1) is 8.07 Å². The summed E-state index contributed by atoms with van der Waals surface area (Å²) >= 11 is 0. The van der Waals surface area contributed by atoms with Gasteiger partial charge in [-0.05, 0) is 5.54 Å². The van der Waals surface area contributed by atoms with Crippen LogP contribution in [0.3, 0.4) is 0 Å². The second kappa shape index (κ2) is 5.03. The van der Waals surface area contributed by atoms with Crippen LogP contribution in [0.5, 0.6) is 0 Å². The summed E-state index contributed by atoms with van der Waals surface area (Å²) in [7, 11) is -1.09. The van der Waals surface area contributed by atoms with Gasteiger partial charge in [-0.3, -0.25) is 0 Å². The van der Waals surface area contributed by atoms with Gasteiger partial charge in [0.1, 0.15) is 0 Å². The van der Waals surface area contributed by atoms with E-state index >= 15 is 0 Å². The van der Waals surface area contributed by atoms with E-state index in [1.807, 2.05) is 0 Å². The largest absolute Gasteiger partial charge is 0.0651 e. The van der Waals surface area contributed by atoms with Crippen LogP contribution in [0.25, 0.3) is 0 Å². The maximum atomic E-state index is 2.50. The van der Waals surface area contributed by atoms with Crippen molar-refractivity contribution in [2.24, 2.45) is 0 Å². The average Bonchev–Trinajstić information content (AvgIpc) is 2.55. The van der Waals surface area contributed by atoms with Crippen LogP contribution >= 0.6 is 0 Å². The van der Waals surface area contributed by atoms with Gasteiger partial charge in [-0.15, -0.1) is 0 Å². The van der Waals surface area contributed by atoms with E-state index in [0.717, 1.165) is 22.2 Å². The maximum Gasteiger partial charge on any atom is 0.0643 e. The molecule has 0 N–H and O–H groups in total. The molecule has 0 aromatic carbocycles. The Labute approximate surface area is 97.9 Å². The SMILES string of the molecule is CC(C)[Si](C(C)C)(C(C)C)C1CCCC1. The highest BCUT2D eigenvalue weighted by Crippen LogP contribution is 2.54. The minimum atomic E-state index is -1.09. The molecule has 0 spiro atoms. The monoisotopic (exact) mass is 226 g/mol. The van der Waals surface area contributed by atoms with Gasteiger partial charge in [-0.25, -0.2) is 0 Å². The first-order valence-corrected chi connectivity index (χ1v) is 9.24. The van der Waals surface area contributed by atoms with E-state index in [0.29, 0.717) is 0 Å². The first-order chi connectivity index (χ1) is 6.94. The average molecular weight is 226 g/mol. The Kier molecular flexibility index (Phi) is 4.46. The molecule has 0 bridgehead atoms. The van der Waals surface area contributed by atoms with Gasteiger partial charge < -0.3 is 0 Å². The molecule has 1 saturated carbocycles. The molecule has 0 radical (unpaired) electrons. The highest BCUT2D eigenvalue weighted by Gasteiger charge is 2.48. The molecule has 1 heteroatoms. The molecule has 1 rings (SSSR count). The standard InChI is InChI=1S/C14H30Si/c1-11(2)15(12(3)4,13(5)6)14-9-7-8-10-14/h11-14H,7-10H2,1-6H3. The summed E-state index contributed by atoms with van der Waals surface area (Å²) in [6.07, 6.45) is 6.10. The smallest absolute Gasteiger partial charge is 0.0643 e. The lowest BCUT2D eigenvalue weighted by molar-refractivity contribution is 0.703. The molecule has 15 heavy (non-hydrogen) atoms. The summed E-state index contributed by atoms with van der Waals surface area (Å²) in [6, 6.07) is 0. The molecule has 0 nitrogen and oxygen atoms in total. The van der Waals surface area contributed by atoms with Crippen LogP contribution in [0.2, 0.25) is 22.2 Å². The minimum Gasteiger partial charge on any atom is -0.0651 e. The highest BCUT2D eigenvalue weighted by atomic mass is 28.3. The lowest BCUT2D eigenvalue weighted by Gasteiger charge is -2.48. The molecular weight excluding hydrogens is 196 g/mol. The van der Waals surface area contributed by atoms with Crippen LogP contribution in [0, 0.1) is 0 Å². The Balaban J connectivity index is 3.00. The van der Waals surface area contributed by atoms with Gasteiger partial charge in [0.25, 0.3) is 0 Å². The van der Waals surface area contributed by atoms with Crippen LogP contribution in [0.1, 0.15) is 67.2 Å². The Morgan fingerprint density at radius 3 is 1.33 bits per heavy atom. The van der Waals surface area contributed by atoms with Crippen LogP contribution in [-0.4, -0.2) is 8.07 Å². The highest BCUT2D eigenvalue weighted by molar-refractivity contribution is 6.84. The van der Waals surface area contributed by atoms with Crippen molar-refractivity contribution >= 4 is 8.07 Å². The lowest BCUT2D eigenvalue weighted by atomic mass is 10.4. The predicted molar refractivity (Wildman–Crippen MR) is 73.3 cm³/mol. The number of hydrogen-bond donors (Lipinski definition) is 0. The Morgan fingerprint density at radius 1 is 0.733 bits per heavy atom. The quantitative estimate of drug-likeness (QED) is 0.547. The fourth-order valence-electron chi connectivity index (χ4n) is 4.84. The number of hydrogen-bond acceptors (Lipinski definition) is 0. The van der Waals surface area contributed by atoms with E-state index in [2.05, 4.69) is 41.5 Å². The summed E-state index contributed by atoms with van der Waals surface area (Å²) < 4.78 is 0. The van der Waals surface area contributed by atoms with Gasteiger partial charge >= 0.3 is 0 Å². The van der Waals surface area contributed by atoms with Crippen LogP contribution < -0.4 is 0 Å². The fourth-order valence-corrected chi connectivity index (χ4v) is 13.1. The molecule has 0 aromatic rings. The van der Waals surface area contributed by atoms with Crippen LogP contribution in [0.4, 0.5) is 0 Å². The third-order valence-electron chi connectivity index (χ3n) is 5.06. The molecule has 90 valence electrons. The molecular formula is C14H30Si. The van der Waals surface area contributed by atoms with Crippen molar-refractivity contribution in [1.29, 1.82) is 0 Å². The van der Waals surface area contributed by atoms with Gasteiger partial charge in [0.15, 0.2) is 0 Å². The first-order valence-electron chi connectivity index (χ1n) is 6.94. The topological polar surface area (TPSA) is 0 Å². The summed E-state index contributed by atoms with van der Waals surface area (Å²) in [6.45, 7) is 15.0. The second-order valence-corrected chi connectivity index (χ2v) is 12.7. The second-order valence-electron chi connectivity index (χ2n) is 6.45. The fraction of sp³-hybridized carbons (Fsp3) is 1.00. The summed E-state index contributed by atoms with van der Waals surface area (Å²) in [5.74, 6) is 0. The van der Waals surface area contributed by atoms with E-state index in [9.17, 15) is 0 Å². The van der Waals surface area contributed by atoms with Crippen molar-refractivity contribution in [3.8, 4) is 0 Å². The molecule has 0 amide bonds. The normalized spacial score (nSPS) is 19.8. The summed E-state index contributed by atoms with van der Waals surface area (Å²) in [5.41, 5.74) is 4.00. The molecule has 0 heterocycles. The Morgan fingerprint density at radius 2 is 1.07 bits per heavy atom. The maximum absolute atomic E-state index is 2.50. The van der Waals surface area contributed by atoms with Gasteiger partial charge in [-0.2, -0.15) is 0 Å². The van der Waals surface area contributed by atoms with E-state index < -0.39 is 8.07 Å². The third kappa shape index (κ3) is 2.18. The third-order valence-corrected chi connectivity index (χ3v) is 13.1. The van der Waals surface area contributed by atoms with Crippen molar-refractivity contribution < 1.29 is 0 Å². The Bertz CT molecular complexity index is 166. The zero-order chi connectivity index (χ0) is 11.6. The van der Waals surface area contributed by atoms with E-state index in [1.165, 1.54) is 12.8 Å². The lowest BCUT2D eigenvalue weighted by Crippen LogP contribution is -2.48. The number of rotatable bonds is 4. The van der Waals surface area contributed by atoms with Crippen LogP contribution in [0.15, 0.2) is 0 Å². The van der Waals surface area contributed by atoms with Crippen LogP contribution in [-0.2, 0) is 0 Å². The molecule has 0 aromatic heterocycles. The zero-order valence-electron chi connectivity index (χ0n) is 11.6. The van der Waals surface area contributed by atoms with Crippen molar-refractivity contribution in [3.63, 3.8) is 0 Å². The molecule has 1 fully saturated rings. The molecule has 0 atom stereocenters. The van der Waals surface area contributed by atoms with Gasteiger partial charge in [0.2, 0.25) is 0 Å². The van der Waals surface area contributed by atoms with Gasteiger partial charge in [-0.1, -0.05) is 83.8 Å². The van der Waals surface area contributed by atoms with Crippen molar-refractivity contribution in [1.82, 2.24) is 0 Å². The van der Waals surface area contributed by atoms with E-state index in [1.54, 1.807) is 12.8 Å². The van der Waals surface area contributed by atoms with Gasteiger partial charge in [0, 0.05) is 0 Å². The molecule has 1 aliphatic rings. The first kappa shape index (κ1) is 13.3. The van der Waals surface area contributed by atoms with Crippen molar-refractivity contribution in [2.75, 3.05) is 0 Å². The summed E-state index contributed by atoms with van der Waals surface area (Å²) in [5, 5.41) is 0. The Hall–Kier alpha value is 0.217. The zero-order valence-corrected chi connectivity index (χ0v) is 12.6. The molecule has 1 aliphatic carbocycles. The van der Waals surface area contributed by atoms with Crippen molar-refractivity contribution in [3.05, 3.63) is 0 Å². The molecule has 0 unspecified atom stereocenters. The minimum absolute atomic E-state index is 0.959. The summed E-state index contributed by atoms with van der Waals surface area (Å²) in [4.78, 5) is 0. The van der Waals surface area contributed by atoms with Crippen molar-refractivity contribution in [2.45, 2.75) is 89.4 Å².